The van der Waals surface area contributed by atoms with E-state index in [-0.39, 0.29) is 11.9 Å². The highest BCUT2D eigenvalue weighted by atomic mass is 16.5. The van der Waals surface area contributed by atoms with Crippen molar-refractivity contribution in [3.63, 3.8) is 0 Å². The molecule has 8 nitrogen and oxygen atoms in total. The van der Waals surface area contributed by atoms with Crippen LogP contribution < -0.4 is 0 Å². The molecule has 0 N–H and O–H groups in total. The van der Waals surface area contributed by atoms with Gasteiger partial charge in [-0.2, -0.15) is 10.1 Å². The topological polar surface area (TPSA) is 89.9 Å². The average molecular weight is 316 g/mol. The Bertz CT molecular complexity index is 663. The Labute approximate surface area is 133 Å². The second kappa shape index (κ2) is 6.10. The molecule has 0 bridgehead atoms. The Morgan fingerprint density at radius 3 is 3.04 bits per heavy atom. The van der Waals surface area contributed by atoms with Crippen molar-refractivity contribution in [1.29, 1.82) is 0 Å². The SMILES string of the molecule is O=C(CCCn1cncn1)N1CCC[C@H]1c1noc(C2CC2)n1. The van der Waals surface area contributed by atoms with E-state index in [0.29, 0.717) is 24.7 Å². The molecule has 1 saturated carbocycles. The third-order valence-corrected chi connectivity index (χ3v) is 4.50. The summed E-state index contributed by atoms with van der Waals surface area (Å²) >= 11 is 0. The summed E-state index contributed by atoms with van der Waals surface area (Å²) in [5.41, 5.74) is 0. The van der Waals surface area contributed by atoms with Crippen LogP contribution in [0.1, 0.15) is 62.2 Å². The maximum absolute atomic E-state index is 12.5. The molecule has 0 spiro atoms. The maximum atomic E-state index is 12.5. The molecule has 1 saturated heterocycles. The number of aromatic nitrogens is 5. The minimum atomic E-state index is -0.0230. The fourth-order valence-electron chi connectivity index (χ4n) is 3.10. The minimum absolute atomic E-state index is 0.0230. The molecule has 1 aliphatic heterocycles. The Kier molecular flexibility index (Phi) is 3.80. The summed E-state index contributed by atoms with van der Waals surface area (Å²) in [5.74, 6) is 2.02. The first-order chi connectivity index (χ1) is 11.3. The summed E-state index contributed by atoms with van der Waals surface area (Å²) in [7, 11) is 0. The van der Waals surface area contributed by atoms with Crippen molar-refractivity contribution in [3.8, 4) is 0 Å². The van der Waals surface area contributed by atoms with Gasteiger partial charge in [0.1, 0.15) is 12.7 Å². The van der Waals surface area contributed by atoms with Gasteiger partial charge in [-0.1, -0.05) is 5.16 Å². The highest BCUT2D eigenvalue weighted by molar-refractivity contribution is 5.76. The lowest BCUT2D eigenvalue weighted by molar-refractivity contribution is -0.132. The van der Waals surface area contributed by atoms with E-state index in [1.54, 1.807) is 11.0 Å². The van der Waals surface area contributed by atoms with E-state index in [4.69, 9.17) is 4.52 Å². The summed E-state index contributed by atoms with van der Waals surface area (Å²) in [5, 5.41) is 8.16. The number of carbonyl (C=O) groups is 1. The Morgan fingerprint density at radius 2 is 2.26 bits per heavy atom. The third kappa shape index (κ3) is 3.11. The van der Waals surface area contributed by atoms with Gasteiger partial charge in [0.25, 0.3) is 0 Å². The largest absolute Gasteiger partial charge is 0.339 e. The molecular formula is C15H20N6O2. The second-order valence-corrected chi connectivity index (χ2v) is 6.27. The van der Waals surface area contributed by atoms with Crippen molar-refractivity contribution >= 4 is 5.91 Å². The van der Waals surface area contributed by atoms with Gasteiger partial charge in [-0.15, -0.1) is 0 Å². The average Bonchev–Trinajstić information content (AvgIpc) is 3.02. The molecule has 2 fully saturated rings. The number of likely N-dealkylation sites (tertiary alicyclic amines) is 1. The zero-order valence-electron chi connectivity index (χ0n) is 13.0. The minimum Gasteiger partial charge on any atom is -0.339 e. The highest BCUT2D eigenvalue weighted by Crippen LogP contribution is 2.40. The van der Waals surface area contributed by atoms with Gasteiger partial charge in [0.15, 0.2) is 5.82 Å². The quantitative estimate of drug-likeness (QED) is 0.805. The van der Waals surface area contributed by atoms with E-state index < -0.39 is 0 Å². The van der Waals surface area contributed by atoms with E-state index in [9.17, 15) is 4.79 Å². The standard InChI is InChI=1S/C15H20N6O2/c22-13(4-2-7-20-10-16-9-17-20)21-8-1-3-12(21)14-18-15(23-19-14)11-5-6-11/h9-12H,1-8H2/t12-/m0/s1. The molecule has 0 aromatic carbocycles. The van der Waals surface area contributed by atoms with Crippen molar-refractivity contribution in [2.75, 3.05) is 6.54 Å². The molecule has 2 aromatic rings. The van der Waals surface area contributed by atoms with Crippen LogP contribution in [0.5, 0.6) is 0 Å². The highest BCUT2D eigenvalue weighted by Gasteiger charge is 2.35. The van der Waals surface area contributed by atoms with Gasteiger partial charge in [0, 0.05) is 25.4 Å². The van der Waals surface area contributed by atoms with Crippen LogP contribution >= 0.6 is 0 Å². The van der Waals surface area contributed by atoms with Crippen molar-refractivity contribution in [3.05, 3.63) is 24.4 Å². The van der Waals surface area contributed by atoms with Gasteiger partial charge >= 0.3 is 0 Å². The Balaban J connectivity index is 1.35. The summed E-state index contributed by atoms with van der Waals surface area (Å²) in [6, 6.07) is -0.0230. The molecular weight excluding hydrogens is 296 g/mol. The molecule has 4 rings (SSSR count). The van der Waals surface area contributed by atoms with E-state index in [1.165, 1.54) is 6.33 Å². The van der Waals surface area contributed by atoms with Crippen LogP contribution in [-0.2, 0) is 11.3 Å². The second-order valence-electron chi connectivity index (χ2n) is 6.27. The molecule has 3 heterocycles. The fourth-order valence-corrected chi connectivity index (χ4v) is 3.10. The van der Waals surface area contributed by atoms with Gasteiger partial charge in [0.05, 0.1) is 6.04 Å². The van der Waals surface area contributed by atoms with Crippen LogP contribution in [0, 0.1) is 0 Å². The first kappa shape index (κ1) is 14.3. The predicted molar refractivity (Wildman–Crippen MR) is 79.2 cm³/mol. The molecule has 1 atom stereocenters. The van der Waals surface area contributed by atoms with Gasteiger partial charge in [-0.05, 0) is 32.1 Å². The summed E-state index contributed by atoms with van der Waals surface area (Å²) in [4.78, 5) is 22.8. The van der Waals surface area contributed by atoms with Gasteiger partial charge in [-0.25, -0.2) is 4.98 Å². The molecule has 0 unspecified atom stereocenters. The van der Waals surface area contributed by atoms with Crippen LogP contribution in [0.4, 0.5) is 0 Å². The lowest BCUT2D eigenvalue weighted by Crippen LogP contribution is -2.31. The lowest BCUT2D eigenvalue weighted by Gasteiger charge is -2.22. The summed E-state index contributed by atoms with van der Waals surface area (Å²) in [6.07, 6.45) is 8.61. The number of nitrogens with zero attached hydrogens (tertiary/aromatic N) is 6. The van der Waals surface area contributed by atoms with Gasteiger partial charge < -0.3 is 9.42 Å². The number of hydrogen-bond acceptors (Lipinski definition) is 6. The zero-order chi connectivity index (χ0) is 15.6. The van der Waals surface area contributed by atoms with Crippen molar-refractivity contribution in [2.45, 2.75) is 57.0 Å². The predicted octanol–water partition coefficient (Wildman–Crippen LogP) is 1.68. The Morgan fingerprint density at radius 1 is 1.35 bits per heavy atom. The number of carbonyl (C=O) groups excluding carboxylic acids is 1. The number of rotatable bonds is 6. The molecule has 1 amide bonds. The number of hydrogen-bond donors (Lipinski definition) is 0. The summed E-state index contributed by atoms with van der Waals surface area (Å²) in [6.45, 7) is 1.48. The molecule has 1 aliphatic carbocycles. The zero-order valence-corrected chi connectivity index (χ0v) is 13.0. The molecule has 0 radical (unpaired) electrons. The number of amides is 1. The third-order valence-electron chi connectivity index (χ3n) is 4.50. The van der Waals surface area contributed by atoms with Crippen molar-refractivity contribution < 1.29 is 9.32 Å². The first-order valence-electron chi connectivity index (χ1n) is 8.26. The fraction of sp³-hybridized carbons (Fsp3) is 0.667. The molecule has 2 aliphatic rings. The van der Waals surface area contributed by atoms with Crippen molar-refractivity contribution in [1.82, 2.24) is 29.8 Å². The van der Waals surface area contributed by atoms with Crippen LogP contribution in [0.2, 0.25) is 0 Å². The van der Waals surface area contributed by atoms with Gasteiger partial charge in [0.2, 0.25) is 11.8 Å². The van der Waals surface area contributed by atoms with Crippen LogP contribution in [0.3, 0.4) is 0 Å². The van der Waals surface area contributed by atoms with Crippen LogP contribution in [0.15, 0.2) is 17.2 Å². The smallest absolute Gasteiger partial charge is 0.229 e. The van der Waals surface area contributed by atoms with E-state index in [1.807, 2.05) is 4.90 Å². The molecule has 2 aromatic heterocycles. The van der Waals surface area contributed by atoms with E-state index >= 15 is 0 Å². The van der Waals surface area contributed by atoms with Crippen molar-refractivity contribution in [2.24, 2.45) is 0 Å². The van der Waals surface area contributed by atoms with Crippen LogP contribution in [-0.4, -0.2) is 42.3 Å². The normalized spacial score (nSPS) is 21.0. The molecule has 122 valence electrons. The van der Waals surface area contributed by atoms with E-state index in [0.717, 1.165) is 44.5 Å². The Hall–Kier alpha value is -2.25. The molecule has 8 heteroatoms. The number of aryl methyl sites for hydroxylation is 1. The van der Waals surface area contributed by atoms with Gasteiger partial charge in [-0.3, -0.25) is 9.48 Å². The van der Waals surface area contributed by atoms with Crippen LogP contribution in [0.25, 0.3) is 0 Å². The molecule has 23 heavy (non-hydrogen) atoms. The first-order valence-corrected chi connectivity index (χ1v) is 8.26. The summed E-state index contributed by atoms with van der Waals surface area (Å²) < 4.78 is 7.09. The maximum Gasteiger partial charge on any atom is 0.229 e. The van der Waals surface area contributed by atoms with E-state index in [2.05, 4.69) is 20.2 Å². The lowest BCUT2D eigenvalue weighted by atomic mass is 10.2. The monoisotopic (exact) mass is 316 g/mol.